The maximum Gasteiger partial charge on any atom is 0.241 e. The monoisotopic (exact) mass is 515 g/mol. The molecule has 1 aromatic rings. The van der Waals surface area contributed by atoms with Gasteiger partial charge in [0.25, 0.3) is 0 Å². The van der Waals surface area contributed by atoms with E-state index in [4.69, 9.17) is 5.73 Å². The fourth-order valence-corrected chi connectivity index (χ4v) is 6.22. The number of anilines is 1. The maximum atomic E-state index is 15.2. The van der Waals surface area contributed by atoms with E-state index in [0.29, 0.717) is 24.4 Å². The summed E-state index contributed by atoms with van der Waals surface area (Å²) < 4.78 is 15.2. The molecule has 0 spiro atoms. The Bertz CT molecular complexity index is 998. The fraction of sp³-hybridized carbons (Fsp3) is 0.679. The summed E-state index contributed by atoms with van der Waals surface area (Å²) in [5.74, 6) is -0.242. The number of aldehydes is 1. The molecule has 1 aliphatic heterocycles. The van der Waals surface area contributed by atoms with Crippen molar-refractivity contribution in [2.75, 3.05) is 18.9 Å². The van der Waals surface area contributed by atoms with Gasteiger partial charge in [-0.1, -0.05) is 38.8 Å². The van der Waals surface area contributed by atoms with E-state index in [1.807, 2.05) is 20.0 Å². The molecule has 9 heteroatoms. The molecule has 0 bridgehead atoms. The molecule has 0 aromatic heterocycles. The molecule has 4 unspecified atom stereocenters. The summed E-state index contributed by atoms with van der Waals surface area (Å²) in [5.41, 5.74) is 7.24. The van der Waals surface area contributed by atoms with E-state index in [2.05, 4.69) is 27.4 Å². The van der Waals surface area contributed by atoms with E-state index in [0.717, 1.165) is 38.4 Å². The molecule has 2 saturated carbocycles. The number of para-hydroxylation sites is 1. The van der Waals surface area contributed by atoms with E-state index in [-0.39, 0.29) is 47.6 Å². The number of nitrogens with one attached hydrogen (secondary N) is 2. The average molecular weight is 516 g/mol. The van der Waals surface area contributed by atoms with Gasteiger partial charge in [0.15, 0.2) is 0 Å². The van der Waals surface area contributed by atoms with Crippen molar-refractivity contribution in [3.63, 3.8) is 0 Å². The summed E-state index contributed by atoms with van der Waals surface area (Å²) in [7, 11) is 2.03. The molecule has 37 heavy (non-hydrogen) atoms. The van der Waals surface area contributed by atoms with E-state index < -0.39 is 17.9 Å². The second-order valence-corrected chi connectivity index (χ2v) is 11.3. The van der Waals surface area contributed by atoms with E-state index in [1.165, 1.54) is 6.07 Å². The summed E-state index contributed by atoms with van der Waals surface area (Å²) >= 11 is 0. The Kier molecular flexibility index (Phi) is 8.66. The van der Waals surface area contributed by atoms with Gasteiger partial charge in [0.05, 0.1) is 17.8 Å². The Morgan fingerprint density at radius 1 is 1.22 bits per heavy atom. The number of amides is 2. The molecular weight excluding hydrogens is 473 g/mol. The predicted molar refractivity (Wildman–Crippen MR) is 141 cm³/mol. The van der Waals surface area contributed by atoms with Gasteiger partial charge < -0.3 is 21.2 Å². The van der Waals surface area contributed by atoms with Crippen LogP contribution in [0.4, 0.5) is 10.1 Å². The second kappa shape index (κ2) is 11.6. The quantitative estimate of drug-likeness (QED) is 0.437. The molecule has 6 atom stereocenters. The Labute approximate surface area is 219 Å². The first-order valence-electron chi connectivity index (χ1n) is 13.7. The summed E-state index contributed by atoms with van der Waals surface area (Å²) in [6, 6.07) is 3.70. The normalized spacial score (nSPS) is 30.5. The molecule has 1 saturated heterocycles. The molecule has 0 radical (unpaired) electrons. The molecule has 2 aliphatic carbocycles. The van der Waals surface area contributed by atoms with Crippen LogP contribution in [-0.4, -0.2) is 71.7 Å². The Balaban J connectivity index is 1.54. The van der Waals surface area contributed by atoms with E-state index >= 15 is 4.39 Å². The standard InChI is InChI=1S/C28H42FN5O3/c1-5-25(36)31-21(15-35)17(3)34-14-24(33(4)22-13-23(22)34)19-7-6-8-20(29)27(19)32-28(37)26(30)18-11-9-16(2)10-12-18/h6-8,15-18,21-24,26H,5,9-14,30H2,1-4H3,(H,31,36)(H,32,37)/t16?,17-,18?,21-,22?,23?,24?,26?/m0/s1. The lowest BCUT2D eigenvalue weighted by Gasteiger charge is -2.43. The van der Waals surface area contributed by atoms with Crippen LogP contribution in [0.2, 0.25) is 0 Å². The molecule has 3 aliphatic rings. The van der Waals surface area contributed by atoms with Gasteiger partial charge in [-0.25, -0.2) is 4.39 Å². The molecule has 3 fully saturated rings. The van der Waals surface area contributed by atoms with E-state index in [1.54, 1.807) is 13.0 Å². The van der Waals surface area contributed by atoms with Crippen molar-refractivity contribution in [3.05, 3.63) is 29.6 Å². The third kappa shape index (κ3) is 5.89. The smallest absolute Gasteiger partial charge is 0.241 e. The highest BCUT2D eigenvalue weighted by molar-refractivity contribution is 5.95. The fourth-order valence-electron chi connectivity index (χ4n) is 6.22. The zero-order valence-electron chi connectivity index (χ0n) is 22.5. The van der Waals surface area contributed by atoms with Crippen molar-refractivity contribution in [2.45, 2.75) is 95.5 Å². The highest BCUT2D eigenvalue weighted by atomic mass is 19.1. The van der Waals surface area contributed by atoms with Crippen LogP contribution < -0.4 is 16.4 Å². The van der Waals surface area contributed by atoms with Gasteiger partial charge in [-0.05, 0) is 56.7 Å². The molecule has 2 amide bonds. The molecular formula is C28H42FN5O3. The molecule has 8 nitrogen and oxygen atoms in total. The number of hydrogen-bond donors (Lipinski definition) is 3. The van der Waals surface area contributed by atoms with Gasteiger partial charge in [-0.2, -0.15) is 0 Å². The van der Waals surface area contributed by atoms with Gasteiger partial charge in [0.2, 0.25) is 11.8 Å². The van der Waals surface area contributed by atoms with Crippen LogP contribution in [0.5, 0.6) is 0 Å². The predicted octanol–water partition coefficient (Wildman–Crippen LogP) is 2.83. The van der Waals surface area contributed by atoms with Gasteiger partial charge in [-0.15, -0.1) is 0 Å². The number of nitrogens with zero attached hydrogens (tertiary/aromatic N) is 2. The first kappa shape index (κ1) is 27.7. The summed E-state index contributed by atoms with van der Waals surface area (Å²) in [6.07, 6.45) is 5.97. The zero-order valence-corrected chi connectivity index (χ0v) is 22.5. The SMILES string of the molecule is CCC(=O)N[C@@H](C=O)[C@H](C)N1CC(c2cccc(F)c2NC(=O)C(N)C2CCC(C)CC2)N(C)C2CC21. The number of benzene rings is 1. The Morgan fingerprint density at radius 2 is 1.92 bits per heavy atom. The first-order valence-corrected chi connectivity index (χ1v) is 13.7. The number of halogens is 1. The number of rotatable bonds is 9. The van der Waals surface area contributed by atoms with Crippen molar-refractivity contribution in [2.24, 2.45) is 17.6 Å². The van der Waals surface area contributed by atoms with Crippen LogP contribution in [0.3, 0.4) is 0 Å². The molecule has 1 aromatic carbocycles. The highest BCUT2D eigenvalue weighted by Gasteiger charge is 2.53. The summed E-state index contributed by atoms with van der Waals surface area (Å²) in [6.45, 7) is 6.47. The van der Waals surface area contributed by atoms with Crippen LogP contribution in [0.25, 0.3) is 0 Å². The highest BCUT2D eigenvalue weighted by Crippen LogP contribution is 2.45. The minimum atomic E-state index is -0.677. The van der Waals surface area contributed by atoms with Gasteiger partial charge in [-0.3, -0.25) is 19.4 Å². The van der Waals surface area contributed by atoms with Crippen molar-refractivity contribution in [1.82, 2.24) is 15.1 Å². The minimum Gasteiger partial charge on any atom is -0.345 e. The molecule has 4 N–H and O–H groups in total. The third-order valence-electron chi connectivity index (χ3n) is 8.91. The van der Waals surface area contributed by atoms with Crippen LogP contribution in [0, 0.1) is 17.7 Å². The van der Waals surface area contributed by atoms with Gasteiger partial charge in [0.1, 0.15) is 12.1 Å². The van der Waals surface area contributed by atoms with Crippen molar-refractivity contribution >= 4 is 23.8 Å². The lowest BCUT2D eigenvalue weighted by Crippen LogP contribution is -2.57. The number of piperazine rings is 1. The number of hydrogen-bond acceptors (Lipinski definition) is 6. The number of likely N-dealkylation sites (N-methyl/N-ethyl adjacent to an activating group) is 1. The van der Waals surface area contributed by atoms with Crippen LogP contribution in [0.1, 0.15) is 70.9 Å². The Hall–Kier alpha value is -2.36. The van der Waals surface area contributed by atoms with Gasteiger partial charge >= 0.3 is 0 Å². The molecule has 204 valence electrons. The van der Waals surface area contributed by atoms with Crippen LogP contribution in [0.15, 0.2) is 18.2 Å². The topological polar surface area (TPSA) is 108 Å². The minimum absolute atomic E-state index is 0.103. The number of carbonyl (C=O) groups excluding carboxylic acids is 3. The summed E-state index contributed by atoms with van der Waals surface area (Å²) in [5, 5.41) is 5.67. The van der Waals surface area contributed by atoms with Crippen molar-refractivity contribution in [3.8, 4) is 0 Å². The average Bonchev–Trinajstić information content (AvgIpc) is 3.70. The second-order valence-electron chi connectivity index (χ2n) is 11.3. The largest absolute Gasteiger partial charge is 0.345 e. The van der Waals surface area contributed by atoms with Crippen LogP contribution >= 0.6 is 0 Å². The van der Waals surface area contributed by atoms with Crippen molar-refractivity contribution < 1.29 is 18.8 Å². The lowest BCUT2D eigenvalue weighted by molar-refractivity contribution is -0.125. The number of fused-ring (bicyclic) bond motifs is 1. The lowest BCUT2D eigenvalue weighted by atomic mass is 9.79. The van der Waals surface area contributed by atoms with Gasteiger partial charge in [0, 0.05) is 37.1 Å². The summed E-state index contributed by atoms with van der Waals surface area (Å²) in [4.78, 5) is 41.5. The number of carbonyl (C=O) groups is 3. The maximum absolute atomic E-state index is 15.2. The molecule has 4 rings (SSSR count). The van der Waals surface area contributed by atoms with Crippen LogP contribution in [-0.2, 0) is 14.4 Å². The number of nitrogens with two attached hydrogens (primary N) is 1. The zero-order chi connectivity index (χ0) is 26.9. The third-order valence-corrected chi connectivity index (χ3v) is 8.91. The van der Waals surface area contributed by atoms with Crippen molar-refractivity contribution in [1.29, 1.82) is 0 Å². The molecule has 1 heterocycles. The Morgan fingerprint density at radius 3 is 2.57 bits per heavy atom. The first-order chi connectivity index (χ1) is 17.7. The van der Waals surface area contributed by atoms with E-state index in [9.17, 15) is 14.4 Å².